The zero-order valence-corrected chi connectivity index (χ0v) is 18.6. The number of aliphatic imine (C=N–C) groups is 1. The van der Waals surface area contributed by atoms with E-state index in [0.717, 1.165) is 12.8 Å². The SMILES string of the molecule is CC1=NC(C2=C(NC(=O)C3CC3)C=C(Cl)C=CC2)=CC(O)N1CC(=O)NC1(C(F)(F)F)CC1. The molecule has 0 aromatic heterocycles. The Labute approximate surface area is 193 Å². The second-order valence-electron chi connectivity index (χ2n) is 8.67. The summed E-state index contributed by atoms with van der Waals surface area (Å²) in [6, 6.07) is 0. The fourth-order valence-electron chi connectivity index (χ4n) is 3.75. The van der Waals surface area contributed by atoms with Crippen LogP contribution >= 0.6 is 11.6 Å². The highest BCUT2D eigenvalue weighted by Gasteiger charge is 2.64. The molecule has 2 saturated carbocycles. The van der Waals surface area contributed by atoms with Crippen LogP contribution < -0.4 is 10.6 Å². The van der Waals surface area contributed by atoms with E-state index in [1.165, 1.54) is 11.0 Å². The number of nitrogens with one attached hydrogen (secondary N) is 2. The molecule has 3 aliphatic carbocycles. The maximum Gasteiger partial charge on any atom is 0.411 e. The Morgan fingerprint density at radius 3 is 2.61 bits per heavy atom. The molecule has 0 spiro atoms. The Kier molecular flexibility index (Phi) is 6.17. The van der Waals surface area contributed by atoms with Crippen molar-refractivity contribution in [3.05, 3.63) is 46.3 Å². The Morgan fingerprint density at radius 1 is 1.33 bits per heavy atom. The number of aliphatic hydroxyl groups excluding tert-OH is 1. The van der Waals surface area contributed by atoms with Gasteiger partial charge in [0.2, 0.25) is 11.8 Å². The van der Waals surface area contributed by atoms with Crippen molar-refractivity contribution in [1.29, 1.82) is 0 Å². The van der Waals surface area contributed by atoms with Gasteiger partial charge in [-0.25, -0.2) is 4.99 Å². The van der Waals surface area contributed by atoms with Crippen LogP contribution in [0.5, 0.6) is 0 Å². The minimum absolute atomic E-state index is 0.0289. The van der Waals surface area contributed by atoms with Crippen molar-refractivity contribution in [1.82, 2.24) is 15.5 Å². The van der Waals surface area contributed by atoms with Gasteiger partial charge in [0, 0.05) is 22.2 Å². The molecule has 11 heteroatoms. The summed E-state index contributed by atoms with van der Waals surface area (Å²) in [6.45, 7) is 1.08. The van der Waals surface area contributed by atoms with Crippen molar-refractivity contribution < 1.29 is 27.9 Å². The van der Waals surface area contributed by atoms with Crippen molar-refractivity contribution in [2.24, 2.45) is 10.9 Å². The Hall–Kier alpha value is -2.59. The van der Waals surface area contributed by atoms with Crippen LogP contribution in [0.2, 0.25) is 0 Å². The third-order valence-corrected chi connectivity index (χ3v) is 6.27. The predicted molar refractivity (Wildman–Crippen MR) is 116 cm³/mol. The minimum Gasteiger partial charge on any atom is -0.370 e. The molecule has 1 unspecified atom stereocenters. The van der Waals surface area contributed by atoms with Crippen molar-refractivity contribution in [3.63, 3.8) is 0 Å². The summed E-state index contributed by atoms with van der Waals surface area (Å²) in [4.78, 5) is 30.3. The highest BCUT2D eigenvalue weighted by atomic mass is 35.5. The van der Waals surface area contributed by atoms with Crippen LogP contribution in [0.1, 0.15) is 39.0 Å². The summed E-state index contributed by atoms with van der Waals surface area (Å²) >= 11 is 6.18. The van der Waals surface area contributed by atoms with Crippen LogP contribution in [-0.4, -0.2) is 52.1 Å². The molecule has 0 aromatic carbocycles. The maximum atomic E-state index is 13.1. The first-order valence-electron chi connectivity index (χ1n) is 10.7. The lowest BCUT2D eigenvalue weighted by Gasteiger charge is -2.32. The molecular formula is C22H24ClF3N4O3. The Balaban J connectivity index is 1.51. The van der Waals surface area contributed by atoms with Crippen LogP contribution in [0, 0.1) is 5.92 Å². The molecule has 1 aliphatic heterocycles. The van der Waals surface area contributed by atoms with Gasteiger partial charge < -0.3 is 20.6 Å². The van der Waals surface area contributed by atoms with E-state index in [9.17, 15) is 27.9 Å². The Morgan fingerprint density at radius 2 is 2.03 bits per heavy atom. The lowest BCUT2D eigenvalue weighted by molar-refractivity contribution is -0.170. The van der Waals surface area contributed by atoms with Gasteiger partial charge >= 0.3 is 6.18 Å². The van der Waals surface area contributed by atoms with Crippen molar-refractivity contribution in [2.75, 3.05) is 6.54 Å². The first kappa shape index (κ1) is 23.6. The standard InChI is InChI=1S/C22H24ClF3N4O3/c1-12-27-17(15-4-2-3-14(23)9-16(15)28-20(33)13-5-6-13)10-19(32)30(12)11-18(31)29-21(7-8-21)22(24,25)26/h2-3,9-10,13,19,32H,4-8,11H2,1H3,(H,28,33)(H,29,31). The van der Waals surface area contributed by atoms with Crippen molar-refractivity contribution in [2.45, 2.75) is 57.0 Å². The fraction of sp³-hybridized carbons (Fsp3) is 0.500. The molecule has 178 valence electrons. The number of carbonyl (C=O) groups excluding carboxylic acids is 2. The summed E-state index contributed by atoms with van der Waals surface area (Å²) in [5, 5.41) is 16.0. The van der Waals surface area contributed by atoms with Crippen LogP contribution in [0.25, 0.3) is 0 Å². The molecule has 1 heterocycles. The summed E-state index contributed by atoms with van der Waals surface area (Å²) in [5.74, 6) is -0.729. The average molecular weight is 485 g/mol. The maximum absolute atomic E-state index is 13.1. The first-order chi connectivity index (χ1) is 15.5. The van der Waals surface area contributed by atoms with Gasteiger partial charge in [-0.2, -0.15) is 13.2 Å². The molecule has 4 aliphatic rings. The first-order valence-corrected chi connectivity index (χ1v) is 11.0. The minimum atomic E-state index is -4.52. The van der Waals surface area contributed by atoms with E-state index < -0.39 is 30.4 Å². The fourth-order valence-corrected chi connectivity index (χ4v) is 3.94. The summed E-state index contributed by atoms with van der Waals surface area (Å²) in [5.41, 5.74) is -0.672. The van der Waals surface area contributed by atoms with Gasteiger partial charge in [-0.05, 0) is 57.3 Å². The smallest absolute Gasteiger partial charge is 0.370 e. The molecule has 0 aromatic rings. The van der Waals surface area contributed by atoms with E-state index in [-0.39, 0.29) is 30.5 Å². The molecule has 7 nitrogen and oxygen atoms in total. The van der Waals surface area contributed by atoms with Crippen molar-refractivity contribution in [3.8, 4) is 0 Å². The molecule has 2 fully saturated rings. The molecule has 4 rings (SSSR count). The van der Waals surface area contributed by atoms with Gasteiger partial charge in [0.25, 0.3) is 0 Å². The zero-order valence-electron chi connectivity index (χ0n) is 17.9. The number of hydrogen-bond donors (Lipinski definition) is 3. The van der Waals surface area contributed by atoms with E-state index in [1.807, 2.05) is 5.32 Å². The second kappa shape index (κ2) is 8.64. The summed E-state index contributed by atoms with van der Waals surface area (Å²) in [7, 11) is 0. The van der Waals surface area contributed by atoms with Gasteiger partial charge in [0.05, 0.1) is 5.70 Å². The molecule has 3 N–H and O–H groups in total. The number of nitrogens with zero attached hydrogens (tertiary/aromatic N) is 2. The number of allylic oxidation sites excluding steroid dienone is 5. The number of carbonyl (C=O) groups is 2. The predicted octanol–water partition coefficient (Wildman–Crippen LogP) is 3.00. The van der Waals surface area contributed by atoms with Crippen LogP contribution in [0.3, 0.4) is 0 Å². The molecular weight excluding hydrogens is 461 g/mol. The van der Waals surface area contributed by atoms with Gasteiger partial charge in [-0.3, -0.25) is 9.59 Å². The van der Waals surface area contributed by atoms with E-state index >= 15 is 0 Å². The number of amides is 2. The topological polar surface area (TPSA) is 94.0 Å². The molecule has 0 radical (unpaired) electrons. The molecule has 1 atom stereocenters. The number of rotatable bonds is 6. The monoisotopic (exact) mass is 484 g/mol. The second-order valence-corrected chi connectivity index (χ2v) is 9.11. The molecule has 0 bridgehead atoms. The number of hydrogen-bond acceptors (Lipinski definition) is 5. The lowest BCUT2D eigenvalue weighted by atomic mass is 10.0. The van der Waals surface area contributed by atoms with Gasteiger partial charge in [0.1, 0.15) is 24.1 Å². The van der Waals surface area contributed by atoms with E-state index in [0.29, 0.717) is 28.4 Å². The summed E-state index contributed by atoms with van der Waals surface area (Å²) in [6.07, 6.45) is 2.43. The number of aliphatic hydroxyl groups is 1. The van der Waals surface area contributed by atoms with Crippen LogP contribution in [0.4, 0.5) is 13.2 Å². The third kappa shape index (κ3) is 5.16. The Bertz CT molecular complexity index is 1020. The highest BCUT2D eigenvalue weighted by molar-refractivity contribution is 6.31. The largest absolute Gasteiger partial charge is 0.411 e. The average Bonchev–Trinajstić information content (AvgIpc) is 3.59. The van der Waals surface area contributed by atoms with E-state index in [2.05, 4.69) is 10.3 Å². The number of alkyl halides is 3. The van der Waals surface area contributed by atoms with Crippen LogP contribution in [-0.2, 0) is 9.59 Å². The molecule has 2 amide bonds. The zero-order chi connectivity index (χ0) is 24.0. The van der Waals surface area contributed by atoms with Gasteiger partial charge in [0.15, 0.2) is 0 Å². The van der Waals surface area contributed by atoms with Gasteiger partial charge in [-0.15, -0.1) is 0 Å². The number of halogens is 4. The normalized spacial score (nSPS) is 24.5. The van der Waals surface area contributed by atoms with Crippen LogP contribution in [0.15, 0.2) is 51.3 Å². The lowest BCUT2D eigenvalue weighted by Crippen LogP contribution is -2.53. The third-order valence-electron chi connectivity index (χ3n) is 6.03. The van der Waals surface area contributed by atoms with Crippen molar-refractivity contribution >= 4 is 29.3 Å². The number of amidine groups is 1. The quantitative estimate of drug-likeness (QED) is 0.540. The molecule has 33 heavy (non-hydrogen) atoms. The van der Waals surface area contributed by atoms with Gasteiger partial charge in [-0.1, -0.05) is 17.7 Å². The summed E-state index contributed by atoms with van der Waals surface area (Å²) < 4.78 is 39.4. The molecule has 0 saturated heterocycles. The highest BCUT2D eigenvalue weighted by Crippen LogP contribution is 2.48. The van der Waals surface area contributed by atoms with E-state index in [4.69, 9.17) is 11.6 Å². The van der Waals surface area contributed by atoms with E-state index in [1.54, 1.807) is 25.2 Å².